The molecular weight excluding hydrogens is 484 g/mol. The Hall–Kier alpha value is -2.56. The van der Waals surface area contributed by atoms with Crippen LogP contribution in [0.5, 0.6) is 0 Å². The van der Waals surface area contributed by atoms with E-state index in [9.17, 15) is 13.2 Å². The first kappa shape index (κ1) is 21.7. The number of anilines is 1. The highest BCUT2D eigenvalue weighted by Crippen LogP contribution is 2.26. The van der Waals surface area contributed by atoms with Gasteiger partial charge in [0.25, 0.3) is 5.91 Å². The van der Waals surface area contributed by atoms with E-state index in [1.54, 1.807) is 0 Å². The second-order valence-corrected chi connectivity index (χ2v) is 10.2. The van der Waals surface area contributed by atoms with Crippen LogP contribution >= 0.6 is 15.9 Å². The van der Waals surface area contributed by atoms with Gasteiger partial charge in [0.05, 0.1) is 4.90 Å². The molecule has 0 aliphatic carbocycles. The topological polar surface area (TPSA) is 105 Å². The number of amides is 1. The number of nitrogens with zero attached hydrogens (tertiary/aromatic N) is 3. The van der Waals surface area contributed by atoms with Gasteiger partial charge in [-0.25, -0.2) is 8.42 Å². The predicted octanol–water partition coefficient (Wildman–Crippen LogP) is 4.31. The zero-order chi connectivity index (χ0) is 22.0. The first-order chi connectivity index (χ1) is 14.8. The van der Waals surface area contributed by atoms with E-state index in [-0.39, 0.29) is 28.4 Å². The Balaban J connectivity index is 1.46. The van der Waals surface area contributed by atoms with Crippen LogP contribution in [0.1, 0.15) is 36.5 Å². The molecule has 0 bridgehead atoms. The van der Waals surface area contributed by atoms with Crippen molar-refractivity contribution in [2.24, 2.45) is 0 Å². The molecule has 1 aliphatic heterocycles. The molecule has 2 heterocycles. The third-order valence-electron chi connectivity index (χ3n) is 5.20. The van der Waals surface area contributed by atoms with Gasteiger partial charge in [0.2, 0.25) is 15.9 Å². The molecule has 2 aromatic carbocycles. The minimum absolute atomic E-state index is 0.0285. The number of piperidine rings is 1. The average molecular weight is 505 g/mol. The van der Waals surface area contributed by atoms with E-state index in [1.807, 2.05) is 31.2 Å². The van der Waals surface area contributed by atoms with Gasteiger partial charge in [-0.15, -0.1) is 5.10 Å². The normalized spacial score (nSPS) is 17.4. The highest BCUT2D eigenvalue weighted by Gasteiger charge is 2.31. The van der Waals surface area contributed by atoms with Crippen molar-refractivity contribution in [2.75, 3.05) is 11.9 Å². The lowest BCUT2D eigenvalue weighted by Crippen LogP contribution is -2.41. The van der Waals surface area contributed by atoms with E-state index in [2.05, 4.69) is 31.4 Å². The van der Waals surface area contributed by atoms with Crippen LogP contribution in [0.2, 0.25) is 0 Å². The Kier molecular flexibility index (Phi) is 6.22. The largest absolute Gasteiger partial charge is 0.403 e. The Morgan fingerprint density at radius 3 is 2.48 bits per heavy atom. The van der Waals surface area contributed by atoms with Gasteiger partial charge in [-0.2, -0.15) is 4.31 Å². The van der Waals surface area contributed by atoms with Gasteiger partial charge < -0.3 is 4.42 Å². The molecule has 0 spiro atoms. The molecule has 8 nitrogen and oxygen atoms in total. The molecule has 10 heteroatoms. The lowest BCUT2D eigenvalue weighted by molar-refractivity contribution is 0.102. The first-order valence-corrected chi connectivity index (χ1v) is 12.1. The summed E-state index contributed by atoms with van der Waals surface area (Å²) >= 11 is 3.36. The van der Waals surface area contributed by atoms with Crippen LogP contribution < -0.4 is 5.32 Å². The van der Waals surface area contributed by atoms with Crippen molar-refractivity contribution >= 4 is 37.9 Å². The van der Waals surface area contributed by atoms with E-state index < -0.39 is 15.9 Å². The third-order valence-corrected chi connectivity index (χ3v) is 7.76. The van der Waals surface area contributed by atoms with Crippen LogP contribution in [0.3, 0.4) is 0 Å². The van der Waals surface area contributed by atoms with E-state index in [0.29, 0.717) is 6.54 Å². The second-order valence-electron chi connectivity index (χ2n) is 7.36. The zero-order valence-electron chi connectivity index (χ0n) is 16.8. The highest BCUT2D eigenvalue weighted by molar-refractivity contribution is 9.10. The number of hydrogen-bond acceptors (Lipinski definition) is 6. The summed E-state index contributed by atoms with van der Waals surface area (Å²) in [5.74, 6) is -0.193. The summed E-state index contributed by atoms with van der Waals surface area (Å²) in [6.07, 6.45) is 2.74. The highest BCUT2D eigenvalue weighted by atomic mass is 79.9. The maximum atomic E-state index is 12.9. The van der Waals surface area contributed by atoms with Crippen molar-refractivity contribution in [3.63, 3.8) is 0 Å². The molecular formula is C21H21BrN4O4S. The van der Waals surface area contributed by atoms with Crippen molar-refractivity contribution in [3.05, 3.63) is 58.6 Å². The number of sulfonamides is 1. The SMILES string of the molecule is CC1CCCCN1S(=O)(=O)c1ccc(C(=O)Nc2nnc(-c3ccc(Br)cc3)o2)cc1. The molecule has 4 rings (SSSR count). The van der Waals surface area contributed by atoms with Crippen LogP contribution in [0.4, 0.5) is 6.01 Å². The fourth-order valence-corrected chi connectivity index (χ4v) is 5.46. The molecule has 0 saturated carbocycles. The zero-order valence-corrected chi connectivity index (χ0v) is 19.2. The average Bonchev–Trinajstić information content (AvgIpc) is 3.23. The van der Waals surface area contributed by atoms with Gasteiger partial charge in [0.1, 0.15) is 0 Å². The number of carbonyl (C=O) groups excluding carboxylic acids is 1. The summed E-state index contributed by atoms with van der Waals surface area (Å²) in [6.45, 7) is 2.44. The molecule has 31 heavy (non-hydrogen) atoms. The molecule has 1 saturated heterocycles. The molecule has 1 aliphatic rings. The summed E-state index contributed by atoms with van der Waals surface area (Å²) in [5.41, 5.74) is 1.01. The van der Waals surface area contributed by atoms with Gasteiger partial charge in [0.15, 0.2) is 0 Å². The molecule has 1 atom stereocenters. The van der Waals surface area contributed by atoms with Crippen molar-refractivity contribution in [3.8, 4) is 11.5 Å². The van der Waals surface area contributed by atoms with Crippen LogP contribution in [0.25, 0.3) is 11.5 Å². The van der Waals surface area contributed by atoms with E-state index >= 15 is 0 Å². The number of benzene rings is 2. The predicted molar refractivity (Wildman–Crippen MR) is 119 cm³/mol. The van der Waals surface area contributed by atoms with Gasteiger partial charge in [-0.3, -0.25) is 10.1 Å². The van der Waals surface area contributed by atoms with Gasteiger partial charge in [0, 0.05) is 28.2 Å². The summed E-state index contributed by atoms with van der Waals surface area (Å²) in [7, 11) is -3.59. The molecule has 3 aromatic rings. The number of carbonyl (C=O) groups is 1. The summed E-state index contributed by atoms with van der Waals surface area (Å²) in [4.78, 5) is 12.7. The third kappa shape index (κ3) is 4.70. The minimum Gasteiger partial charge on any atom is -0.403 e. The fourth-order valence-electron chi connectivity index (χ4n) is 3.49. The number of hydrogen-bond donors (Lipinski definition) is 1. The smallest absolute Gasteiger partial charge is 0.322 e. The molecule has 1 amide bonds. The Labute approximate surface area is 188 Å². The monoisotopic (exact) mass is 504 g/mol. The van der Waals surface area contributed by atoms with Gasteiger partial charge >= 0.3 is 6.01 Å². The van der Waals surface area contributed by atoms with Gasteiger partial charge in [-0.05, 0) is 68.3 Å². The Morgan fingerprint density at radius 2 is 1.81 bits per heavy atom. The van der Waals surface area contributed by atoms with Crippen LogP contribution in [0, 0.1) is 0 Å². The van der Waals surface area contributed by atoms with Gasteiger partial charge in [-0.1, -0.05) is 27.4 Å². The maximum Gasteiger partial charge on any atom is 0.322 e. The minimum atomic E-state index is -3.59. The maximum absolute atomic E-state index is 12.9. The standard InChI is InChI=1S/C21H21BrN4O4S/c1-14-4-2-3-13-26(14)31(28,29)18-11-7-15(8-12-18)19(27)23-21-25-24-20(30-21)16-5-9-17(22)10-6-16/h5-12,14H,2-4,13H2,1H3,(H,23,25,27). The summed E-state index contributed by atoms with van der Waals surface area (Å²) in [5, 5.41) is 10.3. The van der Waals surface area contributed by atoms with Crippen LogP contribution in [-0.4, -0.2) is 41.4 Å². The second kappa shape index (κ2) is 8.89. The number of nitrogens with one attached hydrogen (secondary N) is 1. The van der Waals surface area contributed by atoms with E-state index in [4.69, 9.17) is 4.42 Å². The van der Waals surface area contributed by atoms with E-state index in [1.165, 1.54) is 28.6 Å². The lowest BCUT2D eigenvalue weighted by Gasteiger charge is -2.32. The summed E-state index contributed by atoms with van der Waals surface area (Å²) < 4.78 is 33.8. The molecule has 1 aromatic heterocycles. The van der Waals surface area contributed by atoms with Crippen LogP contribution in [0.15, 0.2) is 62.3 Å². The van der Waals surface area contributed by atoms with E-state index in [0.717, 1.165) is 29.3 Å². The number of rotatable bonds is 5. The quantitative estimate of drug-likeness (QED) is 0.554. The molecule has 0 radical (unpaired) electrons. The van der Waals surface area contributed by atoms with Crippen LogP contribution in [-0.2, 0) is 10.0 Å². The molecule has 1 N–H and O–H groups in total. The molecule has 162 valence electrons. The first-order valence-electron chi connectivity index (χ1n) is 9.87. The van der Waals surface area contributed by atoms with Crippen molar-refractivity contribution in [1.82, 2.24) is 14.5 Å². The molecule has 1 unspecified atom stereocenters. The Morgan fingerprint density at radius 1 is 1.10 bits per heavy atom. The number of halogens is 1. The lowest BCUT2D eigenvalue weighted by atomic mass is 10.1. The Bertz CT molecular complexity index is 1180. The fraction of sp³-hybridized carbons (Fsp3) is 0.286. The molecule has 1 fully saturated rings. The summed E-state index contributed by atoms with van der Waals surface area (Å²) in [6, 6.07) is 13.1. The van der Waals surface area contributed by atoms with Crippen molar-refractivity contribution < 1.29 is 17.6 Å². The number of aromatic nitrogens is 2. The van der Waals surface area contributed by atoms with Crippen molar-refractivity contribution in [1.29, 1.82) is 0 Å². The van der Waals surface area contributed by atoms with Crippen molar-refractivity contribution in [2.45, 2.75) is 37.1 Å².